The van der Waals surface area contributed by atoms with Crippen LogP contribution in [0.25, 0.3) is 6.08 Å². The molecule has 0 saturated carbocycles. The summed E-state index contributed by atoms with van der Waals surface area (Å²) in [5.74, 6) is -3.87. The summed E-state index contributed by atoms with van der Waals surface area (Å²) in [6, 6.07) is 8.93. The van der Waals surface area contributed by atoms with Crippen molar-refractivity contribution >= 4 is 23.7 Å². The molecule has 2 saturated heterocycles. The van der Waals surface area contributed by atoms with Crippen LogP contribution in [0, 0.1) is 22.9 Å². The molecule has 2 aromatic rings. The zero-order valence-corrected chi connectivity index (χ0v) is 18.8. The molecule has 0 aliphatic carbocycles. The monoisotopic (exact) mass is 473 g/mol. The Balaban J connectivity index is 1.32. The molecule has 0 unspecified atom stereocenters. The number of nitrogens with zero attached hydrogens (tertiary/aromatic N) is 2. The van der Waals surface area contributed by atoms with Gasteiger partial charge in [0.25, 0.3) is 0 Å². The number of benzene rings is 2. The van der Waals surface area contributed by atoms with Crippen molar-refractivity contribution in [3.8, 4) is 5.75 Å². The molecule has 180 valence electrons. The number of amides is 3. The third-order valence-electron chi connectivity index (χ3n) is 6.68. The van der Waals surface area contributed by atoms with Gasteiger partial charge in [-0.3, -0.25) is 4.79 Å². The number of carbonyl (C=O) groups is 2. The molecule has 2 heterocycles. The molecule has 6 nitrogen and oxygen atoms in total. The number of ether oxygens (including phenoxy) is 1. The lowest BCUT2D eigenvalue weighted by molar-refractivity contribution is -0.125. The van der Waals surface area contributed by atoms with E-state index in [9.17, 15) is 22.8 Å². The number of carbonyl (C=O) groups excluding carboxylic acids is 2. The van der Waals surface area contributed by atoms with Crippen LogP contribution in [-0.4, -0.2) is 55.0 Å². The Bertz CT molecular complexity index is 1110. The largest absolute Gasteiger partial charge is 0.495 e. The first-order chi connectivity index (χ1) is 16.3. The van der Waals surface area contributed by atoms with E-state index in [1.54, 1.807) is 29.0 Å². The standard InChI is InChI=1S/C25H26F3N3O3/c1-34-20-5-3-2-4-19(20)29-24(33)30-13-10-25(11-14-30)12-15-31(16-25)21(32)9-7-17-6-8-18(26)23(28)22(17)27/h2-9H,10-16H2,1H3,(H,29,33)/b9-7+. The van der Waals surface area contributed by atoms with Crippen LogP contribution in [0.3, 0.4) is 0 Å². The van der Waals surface area contributed by atoms with Gasteiger partial charge >= 0.3 is 6.03 Å². The fraction of sp³-hybridized carbons (Fsp3) is 0.360. The van der Waals surface area contributed by atoms with Gasteiger partial charge in [0, 0.05) is 37.8 Å². The summed E-state index contributed by atoms with van der Waals surface area (Å²) in [7, 11) is 1.55. The van der Waals surface area contributed by atoms with Gasteiger partial charge in [-0.05, 0) is 55.0 Å². The van der Waals surface area contributed by atoms with E-state index in [1.807, 2.05) is 12.1 Å². The molecule has 3 amide bonds. The van der Waals surface area contributed by atoms with Crippen LogP contribution < -0.4 is 10.1 Å². The maximum Gasteiger partial charge on any atom is 0.321 e. The first-order valence-corrected chi connectivity index (χ1v) is 11.1. The van der Waals surface area contributed by atoms with Crippen LogP contribution in [0.1, 0.15) is 24.8 Å². The van der Waals surface area contributed by atoms with Gasteiger partial charge in [-0.1, -0.05) is 12.1 Å². The number of likely N-dealkylation sites (tertiary alicyclic amines) is 2. The molecule has 2 aliphatic heterocycles. The molecule has 4 rings (SSSR count). The zero-order chi connectivity index (χ0) is 24.3. The van der Waals surface area contributed by atoms with Crippen LogP contribution in [0.15, 0.2) is 42.5 Å². The van der Waals surface area contributed by atoms with E-state index < -0.39 is 17.5 Å². The van der Waals surface area contributed by atoms with E-state index in [4.69, 9.17) is 4.74 Å². The molecule has 0 bridgehead atoms. The summed E-state index contributed by atoms with van der Waals surface area (Å²) in [5.41, 5.74) is 0.352. The lowest BCUT2D eigenvalue weighted by atomic mass is 9.78. The second-order valence-electron chi connectivity index (χ2n) is 8.73. The van der Waals surface area contributed by atoms with Crippen molar-refractivity contribution in [3.63, 3.8) is 0 Å². The number of methoxy groups -OCH3 is 1. The van der Waals surface area contributed by atoms with Gasteiger partial charge in [-0.2, -0.15) is 0 Å². The van der Waals surface area contributed by atoms with Crippen LogP contribution in [-0.2, 0) is 4.79 Å². The Morgan fingerprint density at radius 3 is 2.35 bits per heavy atom. The van der Waals surface area contributed by atoms with Crippen molar-refractivity contribution < 1.29 is 27.5 Å². The normalized spacial score (nSPS) is 17.4. The number of hydrogen-bond acceptors (Lipinski definition) is 3. The molecule has 9 heteroatoms. The quantitative estimate of drug-likeness (QED) is 0.519. The van der Waals surface area contributed by atoms with Crippen molar-refractivity contribution in [2.45, 2.75) is 19.3 Å². The maximum absolute atomic E-state index is 13.8. The van der Waals surface area contributed by atoms with Gasteiger partial charge in [0.15, 0.2) is 17.5 Å². The molecule has 34 heavy (non-hydrogen) atoms. The fourth-order valence-electron chi connectivity index (χ4n) is 4.59. The third-order valence-corrected chi connectivity index (χ3v) is 6.68. The molecule has 2 aromatic carbocycles. The number of para-hydroxylation sites is 2. The van der Waals surface area contributed by atoms with Crippen molar-refractivity contribution in [2.24, 2.45) is 5.41 Å². The first kappa shape index (κ1) is 23.7. The Morgan fingerprint density at radius 1 is 0.971 bits per heavy atom. The number of hydrogen-bond donors (Lipinski definition) is 1. The Hall–Kier alpha value is -3.49. The highest BCUT2D eigenvalue weighted by Gasteiger charge is 2.42. The molecule has 2 fully saturated rings. The minimum atomic E-state index is -1.56. The summed E-state index contributed by atoms with van der Waals surface area (Å²) < 4.78 is 45.6. The second kappa shape index (κ2) is 9.79. The van der Waals surface area contributed by atoms with E-state index in [2.05, 4.69) is 5.32 Å². The number of halogens is 3. The van der Waals surface area contributed by atoms with E-state index in [-0.39, 0.29) is 22.9 Å². The summed E-state index contributed by atoms with van der Waals surface area (Å²) in [4.78, 5) is 28.8. The minimum absolute atomic E-state index is 0.0715. The summed E-state index contributed by atoms with van der Waals surface area (Å²) in [6.07, 6.45) is 4.68. The molecule has 1 N–H and O–H groups in total. The molecule has 1 spiro atoms. The van der Waals surface area contributed by atoms with Crippen LogP contribution in [0.2, 0.25) is 0 Å². The van der Waals surface area contributed by atoms with Gasteiger partial charge in [-0.25, -0.2) is 18.0 Å². The summed E-state index contributed by atoms with van der Waals surface area (Å²) >= 11 is 0. The van der Waals surface area contributed by atoms with E-state index in [0.717, 1.165) is 37.5 Å². The topological polar surface area (TPSA) is 61.9 Å². The van der Waals surface area contributed by atoms with E-state index >= 15 is 0 Å². The van der Waals surface area contributed by atoms with Crippen molar-refractivity contribution in [3.05, 3.63) is 65.5 Å². The Kier molecular flexibility index (Phi) is 6.81. The Labute approximate surface area is 196 Å². The molecule has 2 aliphatic rings. The van der Waals surface area contributed by atoms with Crippen molar-refractivity contribution in [1.82, 2.24) is 9.80 Å². The predicted molar refractivity (Wildman–Crippen MR) is 122 cm³/mol. The van der Waals surface area contributed by atoms with E-state index in [1.165, 1.54) is 6.08 Å². The number of urea groups is 1. The van der Waals surface area contributed by atoms with E-state index in [0.29, 0.717) is 37.6 Å². The number of piperidine rings is 1. The first-order valence-electron chi connectivity index (χ1n) is 11.1. The summed E-state index contributed by atoms with van der Waals surface area (Å²) in [6.45, 7) is 2.23. The van der Waals surface area contributed by atoms with Gasteiger partial charge in [0.05, 0.1) is 12.8 Å². The van der Waals surface area contributed by atoms with Crippen LogP contribution >= 0.6 is 0 Å². The fourth-order valence-corrected chi connectivity index (χ4v) is 4.59. The van der Waals surface area contributed by atoms with Crippen molar-refractivity contribution in [1.29, 1.82) is 0 Å². The average Bonchev–Trinajstić information content (AvgIpc) is 3.26. The smallest absolute Gasteiger partial charge is 0.321 e. The highest BCUT2D eigenvalue weighted by molar-refractivity contribution is 5.92. The maximum atomic E-state index is 13.8. The van der Waals surface area contributed by atoms with Crippen LogP contribution in [0.5, 0.6) is 5.75 Å². The number of nitrogens with one attached hydrogen (secondary N) is 1. The third kappa shape index (κ3) is 4.88. The molecular formula is C25H26F3N3O3. The number of rotatable bonds is 4. The van der Waals surface area contributed by atoms with Crippen molar-refractivity contribution in [2.75, 3.05) is 38.6 Å². The molecule has 0 radical (unpaired) electrons. The average molecular weight is 473 g/mol. The van der Waals surface area contributed by atoms with Gasteiger partial charge in [0.2, 0.25) is 5.91 Å². The second-order valence-corrected chi connectivity index (χ2v) is 8.73. The van der Waals surface area contributed by atoms with Gasteiger partial charge in [0.1, 0.15) is 5.75 Å². The highest BCUT2D eigenvalue weighted by Crippen LogP contribution is 2.40. The molecule has 0 aromatic heterocycles. The van der Waals surface area contributed by atoms with Gasteiger partial charge < -0.3 is 19.9 Å². The molecule has 0 atom stereocenters. The number of anilines is 1. The van der Waals surface area contributed by atoms with Gasteiger partial charge in [-0.15, -0.1) is 0 Å². The molecular weight excluding hydrogens is 447 g/mol. The zero-order valence-electron chi connectivity index (χ0n) is 18.8. The predicted octanol–water partition coefficient (Wildman–Crippen LogP) is 4.67. The SMILES string of the molecule is COc1ccccc1NC(=O)N1CCC2(CCN(C(=O)/C=C/c3ccc(F)c(F)c3F)C2)CC1. The Morgan fingerprint density at radius 2 is 1.65 bits per heavy atom. The van der Waals surface area contributed by atoms with Crippen LogP contribution in [0.4, 0.5) is 23.7 Å². The highest BCUT2D eigenvalue weighted by atomic mass is 19.2. The lowest BCUT2D eigenvalue weighted by Gasteiger charge is -2.39. The summed E-state index contributed by atoms with van der Waals surface area (Å²) in [5, 5.41) is 2.89. The lowest BCUT2D eigenvalue weighted by Crippen LogP contribution is -2.46. The minimum Gasteiger partial charge on any atom is -0.495 e.